The van der Waals surface area contributed by atoms with Crippen LogP contribution < -0.4 is 5.11 Å². The molecule has 0 aromatic rings. The van der Waals surface area contributed by atoms with Gasteiger partial charge in [-0.15, -0.1) is 0 Å². The number of carbonyl (C=O) groups excluding carboxylic acids is 1. The number of hydrogen-bond acceptors (Lipinski definition) is 3. The zero-order valence-corrected chi connectivity index (χ0v) is 12.9. The Morgan fingerprint density at radius 3 is 2.15 bits per heavy atom. The molecule has 0 aromatic carbocycles. The van der Waals surface area contributed by atoms with Crippen molar-refractivity contribution in [2.75, 3.05) is 19.7 Å². The molecule has 0 fully saturated rings. The van der Waals surface area contributed by atoms with Crippen LogP contribution in [0.1, 0.15) is 71.1 Å². The second-order valence-corrected chi connectivity index (χ2v) is 5.61. The van der Waals surface area contributed by atoms with Crippen molar-refractivity contribution in [2.24, 2.45) is 0 Å². The number of carboxylic acids is 1. The van der Waals surface area contributed by atoms with Gasteiger partial charge in [0.15, 0.2) is 19.1 Å². The number of nitrogens with zero attached hydrogens (tertiary/aromatic N) is 1. The van der Waals surface area contributed by atoms with Gasteiger partial charge in [-0.2, -0.15) is 4.58 Å². The Bertz CT molecular complexity index is 313. The largest absolute Gasteiger partial charge is 0.537 e. The summed E-state index contributed by atoms with van der Waals surface area (Å²) in [5.74, 6) is -1.16. The first-order valence-corrected chi connectivity index (χ1v) is 8.21. The fourth-order valence-electron chi connectivity index (χ4n) is 2.64. The van der Waals surface area contributed by atoms with E-state index in [2.05, 4.69) is 6.92 Å². The van der Waals surface area contributed by atoms with E-state index in [-0.39, 0.29) is 5.90 Å². The van der Waals surface area contributed by atoms with E-state index in [1.807, 2.05) is 0 Å². The number of rotatable bonds is 12. The molecule has 4 heteroatoms. The molecule has 0 aliphatic carbocycles. The maximum Gasteiger partial charge on any atom is 0.386 e. The standard InChI is InChI=1S/C16H29NO3/c1-2-3-4-5-6-7-8-9-10-11-12-17-13-14-20-15(17)16(18)19/h2-14H2,1H3. The molecule has 0 aromatic heterocycles. The lowest BCUT2D eigenvalue weighted by Crippen LogP contribution is -2.36. The molecule has 0 saturated heterocycles. The molecule has 1 rings (SSSR count). The molecule has 0 radical (unpaired) electrons. The minimum Gasteiger partial charge on any atom is -0.537 e. The lowest BCUT2D eigenvalue weighted by molar-refractivity contribution is -0.520. The van der Waals surface area contributed by atoms with E-state index >= 15 is 0 Å². The number of unbranched alkanes of at least 4 members (excludes halogenated alkanes) is 9. The van der Waals surface area contributed by atoms with Gasteiger partial charge in [0.2, 0.25) is 0 Å². The lowest BCUT2D eigenvalue weighted by atomic mass is 10.1. The Hall–Kier alpha value is -1.06. The number of ether oxygens (including phenoxy) is 1. The molecule has 1 aliphatic heterocycles. The summed E-state index contributed by atoms with van der Waals surface area (Å²) in [6.45, 7) is 4.18. The van der Waals surface area contributed by atoms with Crippen LogP contribution >= 0.6 is 0 Å². The van der Waals surface area contributed by atoms with Crippen LogP contribution in [0.3, 0.4) is 0 Å². The van der Waals surface area contributed by atoms with Gasteiger partial charge in [0.1, 0.15) is 6.54 Å². The monoisotopic (exact) mass is 283 g/mol. The summed E-state index contributed by atoms with van der Waals surface area (Å²) in [4.78, 5) is 10.8. The summed E-state index contributed by atoms with van der Waals surface area (Å²) >= 11 is 0. The second kappa shape index (κ2) is 10.7. The van der Waals surface area contributed by atoms with E-state index in [1.54, 1.807) is 4.58 Å². The SMILES string of the molecule is CCCCCCCCCCCC[N+]1=C(C(=O)[O-])OCC1. The quantitative estimate of drug-likeness (QED) is 0.407. The first-order valence-electron chi connectivity index (χ1n) is 8.21. The van der Waals surface area contributed by atoms with Gasteiger partial charge >= 0.3 is 5.90 Å². The van der Waals surface area contributed by atoms with Crippen molar-refractivity contribution in [2.45, 2.75) is 71.1 Å². The fourth-order valence-corrected chi connectivity index (χ4v) is 2.64. The van der Waals surface area contributed by atoms with Gasteiger partial charge in [-0.3, -0.25) is 0 Å². The molecule has 116 valence electrons. The Morgan fingerprint density at radius 2 is 1.60 bits per heavy atom. The minimum absolute atomic E-state index is 0.0286. The number of carbonyl (C=O) groups is 1. The van der Waals surface area contributed by atoms with Crippen LogP contribution in [-0.4, -0.2) is 36.1 Å². The molecular formula is C16H29NO3. The summed E-state index contributed by atoms with van der Waals surface area (Å²) in [5.41, 5.74) is 0. The van der Waals surface area contributed by atoms with Crippen LogP contribution in [0.4, 0.5) is 0 Å². The third-order valence-electron chi connectivity index (χ3n) is 3.84. The summed E-state index contributed by atoms with van der Waals surface area (Å²) < 4.78 is 6.84. The van der Waals surface area contributed by atoms with E-state index in [9.17, 15) is 9.90 Å². The maximum atomic E-state index is 10.8. The van der Waals surface area contributed by atoms with E-state index in [0.29, 0.717) is 13.2 Å². The topological polar surface area (TPSA) is 52.4 Å². The van der Waals surface area contributed by atoms with Crippen molar-refractivity contribution in [3.05, 3.63) is 0 Å². The summed E-state index contributed by atoms with van der Waals surface area (Å²) in [7, 11) is 0. The van der Waals surface area contributed by atoms with Gasteiger partial charge < -0.3 is 14.6 Å². The van der Waals surface area contributed by atoms with Gasteiger partial charge in [0.25, 0.3) is 0 Å². The minimum atomic E-state index is -1.19. The van der Waals surface area contributed by atoms with Crippen molar-refractivity contribution in [3.8, 4) is 0 Å². The van der Waals surface area contributed by atoms with Crippen molar-refractivity contribution in [1.29, 1.82) is 0 Å². The van der Waals surface area contributed by atoms with E-state index < -0.39 is 5.97 Å². The average Bonchev–Trinajstić information content (AvgIpc) is 2.89. The van der Waals surface area contributed by atoms with Crippen molar-refractivity contribution in [1.82, 2.24) is 0 Å². The van der Waals surface area contributed by atoms with Gasteiger partial charge in [0, 0.05) is 6.42 Å². The van der Waals surface area contributed by atoms with Gasteiger partial charge in [0.05, 0.1) is 0 Å². The van der Waals surface area contributed by atoms with Crippen LogP contribution in [0.15, 0.2) is 0 Å². The molecule has 1 heterocycles. The van der Waals surface area contributed by atoms with E-state index in [0.717, 1.165) is 13.0 Å². The first kappa shape index (κ1) is 17.0. The van der Waals surface area contributed by atoms with Crippen LogP contribution in [0.5, 0.6) is 0 Å². The Labute approximate surface area is 122 Å². The Balaban J connectivity index is 1.95. The van der Waals surface area contributed by atoms with Gasteiger partial charge in [-0.05, 0) is 6.42 Å². The fraction of sp³-hybridized carbons (Fsp3) is 0.875. The summed E-state index contributed by atoms with van der Waals surface area (Å²) in [6, 6.07) is 0. The van der Waals surface area contributed by atoms with Gasteiger partial charge in [-0.25, -0.2) is 0 Å². The van der Waals surface area contributed by atoms with E-state index in [4.69, 9.17) is 4.74 Å². The molecule has 0 amide bonds. The molecule has 0 spiro atoms. The molecule has 0 bridgehead atoms. The predicted octanol–water partition coefficient (Wildman–Crippen LogP) is 2.10. The third kappa shape index (κ3) is 6.92. The van der Waals surface area contributed by atoms with Crippen molar-refractivity contribution in [3.63, 3.8) is 0 Å². The van der Waals surface area contributed by atoms with Crippen LogP contribution in [0.25, 0.3) is 0 Å². The highest BCUT2D eigenvalue weighted by molar-refractivity contribution is 6.28. The Kier molecular flexibility index (Phi) is 9.09. The smallest absolute Gasteiger partial charge is 0.386 e. The molecule has 0 saturated carbocycles. The predicted molar refractivity (Wildman–Crippen MR) is 77.8 cm³/mol. The maximum absolute atomic E-state index is 10.8. The molecule has 0 N–H and O–H groups in total. The Morgan fingerprint density at radius 1 is 1.05 bits per heavy atom. The van der Waals surface area contributed by atoms with Crippen molar-refractivity contribution >= 4 is 11.9 Å². The first-order chi connectivity index (χ1) is 9.75. The normalized spacial score (nSPS) is 14.7. The highest BCUT2D eigenvalue weighted by Crippen LogP contribution is 2.10. The third-order valence-corrected chi connectivity index (χ3v) is 3.84. The highest BCUT2D eigenvalue weighted by Gasteiger charge is 2.24. The van der Waals surface area contributed by atoms with Crippen LogP contribution in [0, 0.1) is 0 Å². The summed E-state index contributed by atoms with van der Waals surface area (Å²) in [5, 5.41) is 10.8. The van der Waals surface area contributed by atoms with E-state index in [1.165, 1.54) is 57.8 Å². The number of carboxylic acid groups (broad SMARTS) is 1. The number of hydrogen-bond donors (Lipinski definition) is 0. The van der Waals surface area contributed by atoms with Gasteiger partial charge in [-0.1, -0.05) is 58.3 Å². The van der Waals surface area contributed by atoms with Crippen LogP contribution in [-0.2, 0) is 9.53 Å². The molecule has 1 aliphatic rings. The molecule has 0 atom stereocenters. The average molecular weight is 283 g/mol. The van der Waals surface area contributed by atoms with Crippen molar-refractivity contribution < 1.29 is 19.2 Å². The van der Waals surface area contributed by atoms with Crippen LogP contribution in [0.2, 0.25) is 0 Å². The second-order valence-electron chi connectivity index (χ2n) is 5.61. The zero-order valence-electron chi connectivity index (χ0n) is 12.9. The summed E-state index contributed by atoms with van der Waals surface area (Å²) in [6.07, 6.45) is 12.9. The zero-order chi connectivity index (χ0) is 14.6. The molecule has 0 unspecified atom stereocenters. The molecular weight excluding hydrogens is 254 g/mol. The highest BCUT2D eigenvalue weighted by atomic mass is 16.5. The number of aliphatic carboxylic acids is 1. The molecule has 4 nitrogen and oxygen atoms in total. The lowest BCUT2D eigenvalue weighted by Gasteiger charge is -2.02. The molecule has 20 heavy (non-hydrogen) atoms.